The van der Waals surface area contributed by atoms with E-state index in [9.17, 15) is 9.18 Å². The lowest BCUT2D eigenvalue weighted by molar-refractivity contribution is -0.119. The molecule has 0 bridgehead atoms. The monoisotopic (exact) mass is 262 g/mol. The average molecular weight is 262 g/mol. The molecule has 2 aromatic rings. The minimum Gasteiger partial charge on any atom is -0.303 e. The van der Waals surface area contributed by atoms with Gasteiger partial charge in [-0.25, -0.2) is 4.39 Å². The summed E-state index contributed by atoms with van der Waals surface area (Å²) in [6.45, 7) is 1.79. The smallest absolute Gasteiger partial charge is 0.230 e. The Hall–Kier alpha value is -2.24. The van der Waals surface area contributed by atoms with Gasteiger partial charge in [0.25, 0.3) is 0 Å². The van der Waals surface area contributed by atoms with Gasteiger partial charge in [-0.15, -0.1) is 10.2 Å². The van der Waals surface area contributed by atoms with E-state index in [0.717, 1.165) is 5.56 Å². The standard InChI is InChI=1S/C13H15FN4O/c1-9(6-10-4-3-5-11(14)7-10)12(19)16-13-17-15-8-18(13)2/h3-5,7-9H,6H2,1-2H3,(H,16,17,19). The minimum absolute atomic E-state index is 0.166. The van der Waals surface area contributed by atoms with Crippen molar-refractivity contribution in [1.29, 1.82) is 0 Å². The first kappa shape index (κ1) is 13.2. The molecule has 6 heteroatoms. The van der Waals surface area contributed by atoms with Gasteiger partial charge in [0.2, 0.25) is 11.9 Å². The molecule has 0 spiro atoms. The lowest BCUT2D eigenvalue weighted by Crippen LogP contribution is -2.23. The molecule has 1 atom stereocenters. The van der Waals surface area contributed by atoms with E-state index in [0.29, 0.717) is 12.4 Å². The van der Waals surface area contributed by atoms with E-state index in [4.69, 9.17) is 0 Å². The number of carbonyl (C=O) groups is 1. The van der Waals surface area contributed by atoms with Gasteiger partial charge in [-0.05, 0) is 24.1 Å². The van der Waals surface area contributed by atoms with Gasteiger partial charge in [-0.3, -0.25) is 10.1 Å². The maximum Gasteiger partial charge on any atom is 0.230 e. The summed E-state index contributed by atoms with van der Waals surface area (Å²) in [5, 5.41) is 10.1. The Bertz CT molecular complexity index is 582. The Morgan fingerprint density at radius 3 is 2.95 bits per heavy atom. The predicted octanol–water partition coefficient (Wildman–Crippen LogP) is 1.77. The highest BCUT2D eigenvalue weighted by Crippen LogP contribution is 2.12. The number of aromatic nitrogens is 3. The summed E-state index contributed by atoms with van der Waals surface area (Å²) < 4.78 is 14.7. The molecule has 0 fully saturated rings. The molecule has 0 aliphatic heterocycles. The lowest BCUT2D eigenvalue weighted by Gasteiger charge is -2.11. The van der Waals surface area contributed by atoms with Crippen molar-refractivity contribution in [3.63, 3.8) is 0 Å². The zero-order valence-electron chi connectivity index (χ0n) is 10.8. The first-order valence-electron chi connectivity index (χ1n) is 5.95. The van der Waals surface area contributed by atoms with Crippen molar-refractivity contribution in [1.82, 2.24) is 14.8 Å². The largest absolute Gasteiger partial charge is 0.303 e. The Balaban J connectivity index is 1.98. The van der Waals surface area contributed by atoms with Crippen molar-refractivity contribution in [2.24, 2.45) is 13.0 Å². The highest BCUT2D eigenvalue weighted by atomic mass is 19.1. The normalized spacial score (nSPS) is 12.2. The van der Waals surface area contributed by atoms with E-state index >= 15 is 0 Å². The lowest BCUT2D eigenvalue weighted by atomic mass is 10.0. The van der Waals surface area contributed by atoms with Crippen molar-refractivity contribution in [3.8, 4) is 0 Å². The van der Waals surface area contributed by atoms with Crippen molar-refractivity contribution in [2.75, 3.05) is 5.32 Å². The van der Waals surface area contributed by atoms with Crippen LogP contribution in [0.4, 0.5) is 10.3 Å². The molecule has 0 saturated carbocycles. The maximum atomic E-state index is 13.1. The number of carbonyl (C=O) groups excluding carboxylic acids is 1. The van der Waals surface area contributed by atoms with Gasteiger partial charge in [0.1, 0.15) is 12.1 Å². The zero-order chi connectivity index (χ0) is 13.8. The summed E-state index contributed by atoms with van der Waals surface area (Å²) in [4.78, 5) is 12.0. The minimum atomic E-state index is -0.293. The van der Waals surface area contributed by atoms with E-state index in [2.05, 4.69) is 15.5 Å². The van der Waals surface area contributed by atoms with Gasteiger partial charge in [0, 0.05) is 13.0 Å². The number of halogens is 1. The first-order valence-corrected chi connectivity index (χ1v) is 5.95. The number of amides is 1. The van der Waals surface area contributed by atoms with Crippen LogP contribution in [0.15, 0.2) is 30.6 Å². The van der Waals surface area contributed by atoms with Crippen LogP contribution in [-0.2, 0) is 18.3 Å². The summed E-state index contributed by atoms with van der Waals surface area (Å²) in [6.07, 6.45) is 1.98. The van der Waals surface area contributed by atoms with Crippen molar-refractivity contribution in [3.05, 3.63) is 42.0 Å². The molecule has 0 radical (unpaired) electrons. The molecule has 2 rings (SSSR count). The maximum absolute atomic E-state index is 13.1. The zero-order valence-corrected chi connectivity index (χ0v) is 10.8. The molecule has 19 heavy (non-hydrogen) atoms. The van der Waals surface area contributed by atoms with E-state index < -0.39 is 0 Å². The van der Waals surface area contributed by atoms with Crippen molar-refractivity contribution in [2.45, 2.75) is 13.3 Å². The van der Waals surface area contributed by atoms with Crippen LogP contribution in [0.5, 0.6) is 0 Å². The van der Waals surface area contributed by atoms with Crippen LogP contribution in [0.25, 0.3) is 0 Å². The Morgan fingerprint density at radius 2 is 2.32 bits per heavy atom. The van der Waals surface area contributed by atoms with Gasteiger partial charge in [-0.1, -0.05) is 19.1 Å². The first-order chi connectivity index (χ1) is 9.06. The summed E-state index contributed by atoms with van der Waals surface area (Å²) in [7, 11) is 1.74. The van der Waals surface area contributed by atoms with Crippen LogP contribution in [0.2, 0.25) is 0 Å². The van der Waals surface area contributed by atoms with Crippen LogP contribution >= 0.6 is 0 Å². The average Bonchev–Trinajstić information content (AvgIpc) is 2.75. The third-order valence-electron chi connectivity index (χ3n) is 2.82. The summed E-state index contributed by atoms with van der Waals surface area (Å²) in [5.74, 6) is -0.339. The van der Waals surface area contributed by atoms with E-state index in [1.165, 1.54) is 18.5 Å². The van der Waals surface area contributed by atoms with E-state index in [-0.39, 0.29) is 17.6 Å². The molecule has 100 valence electrons. The topological polar surface area (TPSA) is 59.8 Å². The number of hydrogen-bond donors (Lipinski definition) is 1. The number of aryl methyl sites for hydroxylation is 1. The van der Waals surface area contributed by atoms with Gasteiger partial charge in [0.05, 0.1) is 0 Å². The molecular weight excluding hydrogens is 247 g/mol. The van der Waals surface area contributed by atoms with Crippen LogP contribution in [0.1, 0.15) is 12.5 Å². The van der Waals surface area contributed by atoms with Crippen molar-refractivity contribution < 1.29 is 9.18 Å². The van der Waals surface area contributed by atoms with Crippen molar-refractivity contribution >= 4 is 11.9 Å². The van der Waals surface area contributed by atoms with Crippen LogP contribution in [0.3, 0.4) is 0 Å². The summed E-state index contributed by atoms with van der Waals surface area (Å²) in [5.41, 5.74) is 0.792. The van der Waals surface area contributed by atoms with E-state index in [1.54, 1.807) is 30.7 Å². The van der Waals surface area contributed by atoms with Crippen LogP contribution in [-0.4, -0.2) is 20.7 Å². The molecule has 1 unspecified atom stereocenters. The molecule has 0 saturated heterocycles. The number of hydrogen-bond acceptors (Lipinski definition) is 3. The number of nitrogens with zero attached hydrogens (tertiary/aromatic N) is 3. The molecule has 1 N–H and O–H groups in total. The molecule has 0 aliphatic rings. The highest BCUT2D eigenvalue weighted by molar-refractivity contribution is 5.90. The second-order valence-corrected chi connectivity index (χ2v) is 4.49. The Morgan fingerprint density at radius 1 is 1.53 bits per heavy atom. The Labute approximate surface area is 110 Å². The Kier molecular flexibility index (Phi) is 3.89. The molecule has 1 aromatic heterocycles. The number of nitrogens with one attached hydrogen (secondary N) is 1. The number of rotatable bonds is 4. The molecule has 1 aromatic carbocycles. The second-order valence-electron chi connectivity index (χ2n) is 4.49. The van der Waals surface area contributed by atoms with Crippen LogP contribution in [0, 0.1) is 11.7 Å². The molecular formula is C13H15FN4O. The molecule has 1 amide bonds. The molecule has 1 heterocycles. The highest BCUT2D eigenvalue weighted by Gasteiger charge is 2.15. The van der Waals surface area contributed by atoms with Gasteiger partial charge in [-0.2, -0.15) is 0 Å². The van der Waals surface area contributed by atoms with Gasteiger partial charge < -0.3 is 4.57 Å². The number of benzene rings is 1. The second kappa shape index (κ2) is 5.60. The third kappa shape index (κ3) is 3.37. The molecule has 5 nitrogen and oxygen atoms in total. The van der Waals surface area contributed by atoms with Gasteiger partial charge in [0.15, 0.2) is 0 Å². The fraction of sp³-hybridized carbons (Fsp3) is 0.308. The van der Waals surface area contributed by atoms with Crippen LogP contribution < -0.4 is 5.32 Å². The summed E-state index contributed by atoms with van der Waals surface area (Å²) in [6, 6.07) is 6.26. The molecule has 0 aliphatic carbocycles. The van der Waals surface area contributed by atoms with E-state index in [1.807, 2.05) is 0 Å². The van der Waals surface area contributed by atoms with Gasteiger partial charge >= 0.3 is 0 Å². The fourth-order valence-corrected chi connectivity index (χ4v) is 1.74. The SMILES string of the molecule is CC(Cc1cccc(F)c1)C(=O)Nc1nncn1C. The third-order valence-corrected chi connectivity index (χ3v) is 2.82. The quantitative estimate of drug-likeness (QED) is 0.913. The number of anilines is 1. The predicted molar refractivity (Wildman–Crippen MR) is 68.9 cm³/mol. The fourth-order valence-electron chi connectivity index (χ4n) is 1.74. The summed E-state index contributed by atoms with van der Waals surface area (Å²) >= 11 is 0.